The molecule has 0 bridgehead atoms. The van der Waals surface area contributed by atoms with Crippen molar-refractivity contribution in [3.63, 3.8) is 0 Å². The van der Waals surface area contributed by atoms with Gasteiger partial charge in [0.2, 0.25) is 0 Å². The smallest absolute Gasteiger partial charge is 0.164 e. The Morgan fingerprint density at radius 3 is 1.68 bits per heavy atom. The first-order valence-electron chi connectivity index (χ1n) is 19.8. The molecule has 0 amide bonds. The van der Waals surface area contributed by atoms with Crippen LogP contribution in [0, 0.1) is 0 Å². The maximum absolute atomic E-state index is 6.55. The molecule has 0 saturated heterocycles. The molecule has 0 fully saturated rings. The van der Waals surface area contributed by atoms with Gasteiger partial charge in [0.15, 0.2) is 17.5 Å². The van der Waals surface area contributed by atoms with Gasteiger partial charge in [-0.3, -0.25) is 4.57 Å². The Labute approximate surface area is 339 Å². The van der Waals surface area contributed by atoms with Crippen LogP contribution in [0.1, 0.15) is 22.5 Å². The van der Waals surface area contributed by atoms with E-state index in [1.54, 1.807) is 0 Å². The van der Waals surface area contributed by atoms with E-state index < -0.39 is 5.41 Å². The van der Waals surface area contributed by atoms with Crippen molar-refractivity contribution in [3.05, 3.63) is 223 Å². The molecule has 0 unspecified atom stereocenters. The molecule has 11 aromatic rings. The number of hydrogen-bond acceptors (Lipinski definition) is 5. The molecule has 4 heterocycles. The maximum Gasteiger partial charge on any atom is 0.164 e. The van der Waals surface area contributed by atoms with E-state index in [1.807, 2.05) is 72.8 Å². The van der Waals surface area contributed by atoms with Gasteiger partial charge in [-0.1, -0.05) is 158 Å². The monoisotopic (exact) mass is 755 g/mol. The molecule has 12 rings (SSSR count). The van der Waals surface area contributed by atoms with Crippen LogP contribution in [0.3, 0.4) is 0 Å². The molecule has 276 valence electrons. The van der Waals surface area contributed by atoms with Crippen LogP contribution in [-0.2, 0) is 5.41 Å². The Bertz CT molecular complexity index is 3280. The third kappa shape index (κ3) is 5.06. The van der Waals surface area contributed by atoms with Crippen molar-refractivity contribution in [1.82, 2.24) is 24.5 Å². The van der Waals surface area contributed by atoms with E-state index >= 15 is 0 Å². The first-order valence-corrected chi connectivity index (χ1v) is 19.8. The normalized spacial score (nSPS) is 12.9. The van der Waals surface area contributed by atoms with Crippen molar-refractivity contribution in [3.8, 4) is 51.0 Å². The SMILES string of the molecule is c1ccc(-c2nc(-c3ccccc3)nc(-c3cccc4oc5ccc(-c6ccc7c(c6)C(c6ccccc6)(c6ccccc6)c6nc8ccccc8n6-7)cc5c34)n2)cc1. The Morgan fingerprint density at radius 1 is 0.424 bits per heavy atom. The van der Waals surface area contributed by atoms with Gasteiger partial charge in [0, 0.05) is 27.5 Å². The van der Waals surface area contributed by atoms with Gasteiger partial charge in [0.05, 0.1) is 16.7 Å². The highest BCUT2D eigenvalue weighted by Gasteiger charge is 2.49. The average molecular weight is 756 g/mol. The van der Waals surface area contributed by atoms with Crippen LogP contribution in [0.5, 0.6) is 0 Å². The number of aromatic nitrogens is 5. The number of nitrogens with zero attached hydrogens (tertiary/aromatic N) is 5. The van der Waals surface area contributed by atoms with Gasteiger partial charge >= 0.3 is 0 Å². The van der Waals surface area contributed by atoms with E-state index in [-0.39, 0.29) is 0 Å². The van der Waals surface area contributed by atoms with Gasteiger partial charge in [0.25, 0.3) is 0 Å². The largest absolute Gasteiger partial charge is 0.456 e. The topological polar surface area (TPSA) is 69.6 Å². The summed E-state index contributed by atoms with van der Waals surface area (Å²) in [7, 11) is 0. The zero-order chi connectivity index (χ0) is 38.9. The lowest BCUT2D eigenvalue weighted by atomic mass is 9.69. The Balaban J connectivity index is 1.07. The van der Waals surface area contributed by atoms with E-state index in [9.17, 15) is 0 Å². The molecule has 0 spiro atoms. The second-order valence-corrected chi connectivity index (χ2v) is 15.0. The molecule has 6 nitrogen and oxygen atoms in total. The number of fused-ring (bicyclic) bond motifs is 8. The fraction of sp³-hybridized carbons (Fsp3) is 0.0189. The van der Waals surface area contributed by atoms with Crippen LogP contribution in [0.25, 0.3) is 83.9 Å². The lowest BCUT2D eigenvalue weighted by Crippen LogP contribution is -2.29. The van der Waals surface area contributed by atoms with Crippen LogP contribution in [0.4, 0.5) is 0 Å². The first-order chi connectivity index (χ1) is 29.2. The molecule has 0 aliphatic carbocycles. The third-order valence-corrected chi connectivity index (χ3v) is 11.7. The number of furan rings is 1. The molecule has 0 saturated carbocycles. The number of rotatable bonds is 6. The lowest BCUT2D eigenvalue weighted by molar-refractivity contribution is 0.669. The van der Waals surface area contributed by atoms with E-state index in [0.717, 1.165) is 72.3 Å². The van der Waals surface area contributed by atoms with Crippen molar-refractivity contribution in [2.75, 3.05) is 0 Å². The summed E-state index contributed by atoms with van der Waals surface area (Å²) in [5, 5.41) is 1.96. The van der Waals surface area contributed by atoms with Crippen LogP contribution in [0.15, 0.2) is 205 Å². The van der Waals surface area contributed by atoms with Crippen LogP contribution in [-0.4, -0.2) is 24.5 Å². The summed E-state index contributed by atoms with van der Waals surface area (Å²) in [5.74, 6) is 2.81. The molecule has 59 heavy (non-hydrogen) atoms. The number of hydrogen-bond donors (Lipinski definition) is 0. The minimum Gasteiger partial charge on any atom is -0.456 e. The van der Waals surface area contributed by atoms with Gasteiger partial charge in [-0.05, 0) is 70.3 Å². The Kier molecular flexibility index (Phi) is 7.34. The third-order valence-electron chi connectivity index (χ3n) is 11.7. The van der Waals surface area contributed by atoms with E-state index in [2.05, 4.69) is 132 Å². The van der Waals surface area contributed by atoms with Crippen LogP contribution in [0.2, 0.25) is 0 Å². The number of imidazole rings is 1. The Morgan fingerprint density at radius 2 is 1.00 bits per heavy atom. The van der Waals surface area contributed by atoms with Crippen LogP contribution < -0.4 is 0 Å². The molecule has 6 heteroatoms. The molecule has 1 aliphatic rings. The highest BCUT2D eigenvalue weighted by molar-refractivity contribution is 6.12. The molecule has 8 aromatic carbocycles. The lowest BCUT2D eigenvalue weighted by Gasteiger charge is -2.31. The fourth-order valence-electron chi connectivity index (χ4n) is 9.09. The molecule has 3 aromatic heterocycles. The van der Waals surface area contributed by atoms with Gasteiger partial charge in [-0.2, -0.15) is 0 Å². The van der Waals surface area contributed by atoms with Crippen molar-refractivity contribution >= 4 is 33.0 Å². The summed E-state index contributed by atoms with van der Waals surface area (Å²) in [6, 6.07) is 69.7. The summed E-state index contributed by atoms with van der Waals surface area (Å²) in [4.78, 5) is 20.5. The number of benzene rings is 8. The summed E-state index contributed by atoms with van der Waals surface area (Å²) < 4.78 is 8.90. The average Bonchev–Trinajstić information content (AvgIpc) is 3.97. The van der Waals surface area contributed by atoms with Crippen LogP contribution >= 0.6 is 0 Å². The van der Waals surface area contributed by atoms with Crippen molar-refractivity contribution in [2.24, 2.45) is 0 Å². The molecule has 0 radical (unpaired) electrons. The fourth-order valence-corrected chi connectivity index (χ4v) is 9.09. The molecule has 0 atom stereocenters. The van der Waals surface area contributed by atoms with Crippen molar-refractivity contribution < 1.29 is 4.42 Å². The predicted molar refractivity (Wildman–Crippen MR) is 235 cm³/mol. The molecular weight excluding hydrogens is 723 g/mol. The molecule has 0 N–H and O–H groups in total. The number of para-hydroxylation sites is 2. The minimum atomic E-state index is -0.655. The highest BCUT2D eigenvalue weighted by atomic mass is 16.3. The van der Waals surface area contributed by atoms with Gasteiger partial charge < -0.3 is 4.42 Å². The second-order valence-electron chi connectivity index (χ2n) is 15.0. The van der Waals surface area contributed by atoms with Gasteiger partial charge in [-0.15, -0.1) is 0 Å². The highest BCUT2D eigenvalue weighted by Crippen LogP contribution is 2.53. The molecule has 1 aliphatic heterocycles. The first kappa shape index (κ1) is 33.2. The van der Waals surface area contributed by atoms with Crippen molar-refractivity contribution in [2.45, 2.75) is 5.41 Å². The summed E-state index contributed by atoms with van der Waals surface area (Å²) >= 11 is 0. The summed E-state index contributed by atoms with van der Waals surface area (Å²) in [5.41, 5.74) is 12.5. The van der Waals surface area contributed by atoms with Gasteiger partial charge in [-0.25, -0.2) is 19.9 Å². The van der Waals surface area contributed by atoms with E-state index in [1.165, 1.54) is 16.7 Å². The maximum atomic E-state index is 6.55. The zero-order valence-corrected chi connectivity index (χ0v) is 31.7. The van der Waals surface area contributed by atoms with Gasteiger partial charge in [0.1, 0.15) is 22.4 Å². The van der Waals surface area contributed by atoms with E-state index in [4.69, 9.17) is 24.4 Å². The Hall–Kier alpha value is -7.96. The van der Waals surface area contributed by atoms with E-state index in [0.29, 0.717) is 17.5 Å². The quantitative estimate of drug-likeness (QED) is 0.169. The second kappa shape index (κ2) is 13.0. The zero-order valence-electron chi connectivity index (χ0n) is 31.7. The predicted octanol–water partition coefficient (Wildman–Crippen LogP) is 12.5. The standard InChI is InChI=1S/C53H33N5O/c1-5-16-34(17-6-1)49-55-50(35-18-7-2-8-19-35)57-51(56-49)40-24-15-27-47-48(40)41-32-36(29-31-46(41)59-47)37-28-30-44-42(33-37)53(38-20-9-3-10-21-38,39-22-11-4-12-23-39)52-54-43-25-13-14-26-45(43)58(44)52/h1-33H. The molecular formula is C53H33N5O. The summed E-state index contributed by atoms with van der Waals surface area (Å²) in [6.07, 6.45) is 0. The van der Waals surface area contributed by atoms with Crippen molar-refractivity contribution in [1.29, 1.82) is 0 Å². The summed E-state index contributed by atoms with van der Waals surface area (Å²) in [6.45, 7) is 0. The minimum absolute atomic E-state index is 0.589.